The van der Waals surface area contributed by atoms with E-state index in [1.54, 1.807) is 4.90 Å². The van der Waals surface area contributed by atoms with Crippen molar-refractivity contribution in [3.8, 4) is 0 Å². The summed E-state index contributed by atoms with van der Waals surface area (Å²) in [6, 6.07) is 8.26. The van der Waals surface area contributed by atoms with E-state index in [0.29, 0.717) is 19.6 Å². The highest BCUT2D eigenvalue weighted by Gasteiger charge is 2.39. The standard InChI is InChI=1S/C18H24N2O3/c1-2-5-15-10-20(11-16(15)18(22)23)17(21)12-19-8-13-6-3-4-7-14(13)9-19/h3-4,6-7,15-16H,2,5,8-12H2,1H3,(H,22,23)/t15-,16-/m1/s1. The normalized spacial score (nSPS) is 24.0. The monoisotopic (exact) mass is 316 g/mol. The fourth-order valence-corrected chi connectivity index (χ4v) is 3.82. The molecule has 0 aliphatic carbocycles. The molecule has 0 bridgehead atoms. The first-order chi connectivity index (χ1) is 11.1. The van der Waals surface area contributed by atoms with Crippen molar-refractivity contribution >= 4 is 11.9 Å². The van der Waals surface area contributed by atoms with Gasteiger partial charge in [0.05, 0.1) is 12.5 Å². The molecule has 5 heteroatoms. The Bertz CT molecular complexity index is 577. The van der Waals surface area contributed by atoms with Crippen LogP contribution in [0.2, 0.25) is 0 Å². The molecule has 0 aromatic heterocycles. The second kappa shape index (κ2) is 6.71. The number of amides is 1. The van der Waals surface area contributed by atoms with Gasteiger partial charge in [0.2, 0.25) is 5.91 Å². The number of fused-ring (bicyclic) bond motifs is 1. The number of carbonyl (C=O) groups is 2. The van der Waals surface area contributed by atoms with Gasteiger partial charge in [-0.15, -0.1) is 0 Å². The molecular formula is C18H24N2O3. The van der Waals surface area contributed by atoms with E-state index in [9.17, 15) is 14.7 Å². The summed E-state index contributed by atoms with van der Waals surface area (Å²) >= 11 is 0. The Morgan fingerprint density at radius 2 is 1.83 bits per heavy atom. The average molecular weight is 316 g/mol. The predicted octanol–water partition coefficient (Wildman–Crippen LogP) is 1.96. The van der Waals surface area contributed by atoms with Crippen LogP contribution in [0.4, 0.5) is 0 Å². The lowest BCUT2D eigenvalue weighted by molar-refractivity contribution is -0.142. The van der Waals surface area contributed by atoms with Crippen molar-refractivity contribution in [3.63, 3.8) is 0 Å². The number of nitrogens with zero attached hydrogens (tertiary/aromatic N) is 2. The molecule has 2 aliphatic rings. The molecule has 5 nitrogen and oxygen atoms in total. The number of carboxylic acid groups (broad SMARTS) is 1. The summed E-state index contributed by atoms with van der Waals surface area (Å²) in [6.45, 7) is 4.99. The molecular weight excluding hydrogens is 292 g/mol. The summed E-state index contributed by atoms with van der Waals surface area (Å²) in [5.74, 6) is -1.03. The zero-order valence-electron chi connectivity index (χ0n) is 13.6. The van der Waals surface area contributed by atoms with Gasteiger partial charge in [0, 0.05) is 26.2 Å². The van der Waals surface area contributed by atoms with E-state index < -0.39 is 11.9 Å². The molecule has 0 spiro atoms. The number of hydrogen-bond donors (Lipinski definition) is 1. The largest absolute Gasteiger partial charge is 0.481 e. The number of carboxylic acids is 1. The van der Waals surface area contributed by atoms with Crippen molar-refractivity contribution in [1.82, 2.24) is 9.80 Å². The van der Waals surface area contributed by atoms with Crippen LogP contribution in [-0.4, -0.2) is 46.4 Å². The number of benzene rings is 1. The molecule has 1 saturated heterocycles. The fourth-order valence-electron chi connectivity index (χ4n) is 3.82. The first-order valence-electron chi connectivity index (χ1n) is 8.38. The second-order valence-electron chi connectivity index (χ2n) is 6.71. The summed E-state index contributed by atoms with van der Waals surface area (Å²) in [5, 5.41) is 9.36. The number of carbonyl (C=O) groups excluding carboxylic acids is 1. The van der Waals surface area contributed by atoms with E-state index in [1.165, 1.54) is 11.1 Å². The van der Waals surface area contributed by atoms with E-state index in [2.05, 4.69) is 24.0 Å². The van der Waals surface area contributed by atoms with E-state index in [4.69, 9.17) is 0 Å². The minimum atomic E-state index is -0.771. The Balaban J connectivity index is 1.58. The number of aliphatic carboxylic acids is 1. The predicted molar refractivity (Wildman–Crippen MR) is 86.7 cm³/mol. The molecule has 3 rings (SSSR count). The lowest BCUT2D eigenvalue weighted by Crippen LogP contribution is -2.37. The molecule has 2 heterocycles. The maximum Gasteiger partial charge on any atom is 0.308 e. The molecule has 0 radical (unpaired) electrons. The number of rotatable bonds is 5. The van der Waals surface area contributed by atoms with Gasteiger partial charge in [-0.25, -0.2) is 0 Å². The molecule has 1 fully saturated rings. The number of likely N-dealkylation sites (tertiary alicyclic amines) is 1. The topological polar surface area (TPSA) is 60.9 Å². The molecule has 1 N–H and O–H groups in total. The van der Waals surface area contributed by atoms with Crippen LogP contribution in [-0.2, 0) is 22.7 Å². The van der Waals surface area contributed by atoms with Gasteiger partial charge >= 0.3 is 5.97 Å². The lowest BCUT2D eigenvalue weighted by Gasteiger charge is -2.21. The average Bonchev–Trinajstić information content (AvgIpc) is 3.10. The van der Waals surface area contributed by atoms with Gasteiger partial charge in [0.25, 0.3) is 0 Å². The smallest absolute Gasteiger partial charge is 0.308 e. The molecule has 0 unspecified atom stereocenters. The van der Waals surface area contributed by atoms with Crippen LogP contribution in [0.1, 0.15) is 30.9 Å². The number of hydrogen-bond acceptors (Lipinski definition) is 3. The highest BCUT2D eigenvalue weighted by atomic mass is 16.4. The second-order valence-corrected chi connectivity index (χ2v) is 6.71. The zero-order chi connectivity index (χ0) is 16.4. The highest BCUT2D eigenvalue weighted by molar-refractivity contribution is 5.80. The van der Waals surface area contributed by atoms with Crippen LogP contribution < -0.4 is 0 Å². The van der Waals surface area contributed by atoms with Crippen LogP contribution in [0.3, 0.4) is 0 Å². The van der Waals surface area contributed by atoms with Gasteiger partial charge in [-0.1, -0.05) is 37.6 Å². The Labute approximate surface area is 136 Å². The molecule has 0 saturated carbocycles. The van der Waals surface area contributed by atoms with Gasteiger partial charge < -0.3 is 10.0 Å². The molecule has 1 aromatic rings. The maximum absolute atomic E-state index is 12.6. The molecule has 2 atom stereocenters. The highest BCUT2D eigenvalue weighted by Crippen LogP contribution is 2.28. The Kier molecular flexibility index (Phi) is 4.66. The summed E-state index contributed by atoms with van der Waals surface area (Å²) < 4.78 is 0. The molecule has 1 aromatic carbocycles. The van der Waals surface area contributed by atoms with Crippen LogP contribution in [0.15, 0.2) is 24.3 Å². The summed E-state index contributed by atoms with van der Waals surface area (Å²) in [5.41, 5.74) is 2.57. The van der Waals surface area contributed by atoms with Crippen molar-refractivity contribution in [1.29, 1.82) is 0 Å². The molecule has 2 aliphatic heterocycles. The van der Waals surface area contributed by atoms with Crippen molar-refractivity contribution < 1.29 is 14.7 Å². The van der Waals surface area contributed by atoms with Crippen LogP contribution in [0.25, 0.3) is 0 Å². The van der Waals surface area contributed by atoms with Crippen molar-refractivity contribution in [3.05, 3.63) is 35.4 Å². The zero-order valence-corrected chi connectivity index (χ0v) is 13.6. The van der Waals surface area contributed by atoms with Crippen molar-refractivity contribution in [2.75, 3.05) is 19.6 Å². The molecule has 23 heavy (non-hydrogen) atoms. The third kappa shape index (κ3) is 3.39. The van der Waals surface area contributed by atoms with Crippen LogP contribution in [0.5, 0.6) is 0 Å². The SMILES string of the molecule is CCC[C@@H]1CN(C(=O)CN2Cc3ccccc3C2)C[C@H]1C(=O)O. The van der Waals surface area contributed by atoms with Crippen molar-refractivity contribution in [2.45, 2.75) is 32.9 Å². The minimum Gasteiger partial charge on any atom is -0.481 e. The third-order valence-corrected chi connectivity index (χ3v) is 5.04. The van der Waals surface area contributed by atoms with Crippen molar-refractivity contribution in [2.24, 2.45) is 11.8 Å². The minimum absolute atomic E-state index is 0.0580. The van der Waals surface area contributed by atoms with E-state index in [0.717, 1.165) is 25.9 Å². The van der Waals surface area contributed by atoms with Gasteiger partial charge in [-0.2, -0.15) is 0 Å². The Hall–Kier alpha value is -1.88. The van der Waals surface area contributed by atoms with E-state index >= 15 is 0 Å². The Morgan fingerprint density at radius 1 is 1.17 bits per heavy atom. The lowest BCUT2D eigenvalue weighted by atomic mass is 9.92. The first-order valence-corrected chi connectivity index (χ1v) is 8.38. The summed E-state index contributed by atoms with van der Waals surface area (Å²) in [7, 11) is 0. The quantitative estimate of drug-likeness (QED) is 0.902. The molecule has 124 valence electrons. The summed E-state index contributed by atoms with van der Waals surface area (Å²) in [4.78, 5) is 27.8. The van der Waals surface area contributed by atoms with E-state index in [1.807, 2.05) is 12.1 Å². The van der Waals surface area contributed by atoms with Crippen LogP contribution in [0, 0.1) is 11.8 Å². The fraction of sp³-hybridized carbons (Fsp3) is 0.556. The summed E-state index contributed by atoms with van der Waals surface area (Å²) in [6.07, 6.45) is 1.83. The van der Waals surface area contributed by atoms with Gasteiger partial charge in [-0.3, -0.25) is 14.5 Å². The van der Waals surface area contributed by atoms with E-state index in [-0.39, 0.29) is 11.8 Å². The maximum atomic E-state index is 12.6. The first kappa shape index (κ1) is 16.0. The molecule has 1 amide bonds. The van der Waals surface area contributed by atoms with Gasteiger partial charge in [-0.05, 0) is 23.5 Å². The van der Waals surface area contributed by atoms with Gasteiger partial charge in [0.1, 0.15) is 0 Å². The van der Waals surface area contributed by atoms with Gasteiger partial charge in [0.15, 0.2) is 0 Å². The Morgan fingerprint density at radius 3 is 2.39 bits per heavy atom. The third-order valence-electron chi connectivity index (χ3n) is 5.04. The van der Waals surface area contributed by atoms with Crippen LogP contribution >= 0.6 is 0 Å².